The number of carbonyl (C=O) groups is 1. The summed E-state index contributed by atoms with van der Waals surface area (Å²) in [7, 11) is 0. The molecule has 2 aromatic heterocycles. The maximum Gasteiger partial charge on any atom is 0.422 e. The number of aromatic nitrogens is 4. The molecular formula is C17H20F3N5O2S. The molecule has 7 nitrogen and oxygen atoms in total. The summed E-state index contributed by atoms with van der Waals surface area (Å²) in [5.74, 6) is 0.0434. The van der Waals surface area contributed by atoms with Crippen LogP contribution in [0.15, 0.2) is 18.3 Å². The number of amides is 1. The highest BCUT2D eigenvalue weighted by Gasteiger charge is 2.32. The van der Waals surface area contributed by atoms with Crippen molar-refractivity contribution in [1.29, 1.82) is 0 Å². The van der Waals surface area contributed by atoms with Crippen LogP contribution in [0, 0.1) is 4.77 Å². The molecule has 2 aromatic rings. The van der Waals surface area contributed by atoms with Gasteiger partial charge in [0.15, 0.2) is 11.4 Å². The number of halogens is 3. The second-order valence-electron chi connectivity index (χ2n) is 6.48. The van der Waals surface area contributed by atoms with Gasteiger partial charge in [-0.25, -0.2) is 4.98 Å². The number of piperidine rings is 1. The predicted molar refractivity (Wildman–Crippen MR) is 96.8 cm³/mol. The minimum Gasteiger partial charge on any atom is -0.467 e. The number of hydrogen-bond donors (Lipinski definition) is 1. The monoisotopic (exact) mass is 415 g/mol. The normalized spacial score (nSPS) is 17.6. The van der Waals surface area contributed by atoms with Crippen LogP contribution in [-0.2, 0) is 6.54 Å². The fourth-order valence-corrected chi connectivity index (χ4v) is 3.58. The summed E-state index contributed by atoms with van der Waals surface area (Å²) >= 11 is 5.22. The number of likely N-dealkylation sites (tertiary alicyclic amines) is 1. The van der Waals surface area contributed by atoms with Crippen LogP contribution in [0.4, 0.5) is 13.2 Å². The Morgan fingerprint density at radius 1 is 1.46 bits per heavy atom. The maximum absolute atomic E-state index is 13.0. The Labute approximate surface area is 164 Å². The molecule has 11 heteroatoms. The highest BCUT2D eigenvalue weighted by atomic mass is 32.1. The van der Waals surface area contributed by atoms with Crippen molar-refractivity contribution in [3.63, 3.8) is 0 Å². The lowest BCUT2D eigenvalue weighted by Crippen LogP contribution is -2.40. The van der Waals surface area contributed by atoms with Crippen molar-refractivity contribution in [1.82, 2.24) is 24.6 Å². The lowest BCUT2D eigenvalue weighted by atomic mass is 9.96. The fourth-order valence-electron chi connectivity index (χ4n) is 3.31. The van der Waals surface area contributed by atoms with Crippen LogP contribution in [-0.4, -0.2) is 56.4 Å². The van der Waals surface area contributed by atoms with E-state index in [0.29, 0.717) is 24.4 Å². The van der Waals surface area contributed by atoms with E-state index in [1.807, 2.05) is 11.5 Å². The molecule has 28 heavy (non-hydrogen) atoms. The molecule has 1 N–H and O–H groups in total. The third kappa shape index (κ3) is 4.51. The van der Waals surface area contributed by atoms with Crippen molar-refractivity contribution >= 4 is 18.1 Å². The zero-order valence-electron chi connectivity index (χ0n) is 15.2. The van der Waals surface area contributed by atoms with Crippen molar-refractivity contribution < 1.29 is 22.7 Å². The summed E-state index contributed by atoms with van der Waals surface area (Å²) in [6.45, 7) is 2.01. The van der Waals surface area contributed by atoms with Crippen LogP contribution in [0.1, 0.15) is 41.9 Å². The molecule has 1 aliphatic heterocycles. The molecule has 0 radical (unpaired) electrons. The average molecular weight is 415 g/mol. The average Bonchev–Trinajstić information content (AvgIpc) is 3.06. The SMILES string of the molecule is CCn1c(C2CCCN(C(=O)c3cccnc3OCC(F)(F)F)C2)n[nH]c1=S. The first kappa shape index (κ1) is 20.3. The molecule has 1 atom stereocenters. The fraction of sp³-hybridized carbons (Fsp3) is 0.529. The molecule has 1 unspecified atom stereocenters. The van der Waals surface area contributed by atoms with Gasteiger partial charge in [-0.05, 0) is 44.1 Å². The molecule has 3 rings (SSSR count). The van der Waals surface area contributed by atoms with E-state index in [2.05, 4.69) is 15.2 Å². The van der Waals surface area contributed by atoms with Crippen molar-refractivity contribution in [2.45, 2.75) is 38.4 Å². The number of pyridine rings is 1. The highest BCUT2D eigenvalue weighted by molar-refractivity contribution is 7.71. The predicted octanol–water partition coefficient (Wildman–Crippen LogP) is 3.32. The minimum absolute atomic E-state index is 0.0122. The first-order chi connectivity index (χ1) is 13.3. The number of H-pyrrole nitrogens is 1. The number of carbonyl (C=O) groups excluding carboxylic acids is 1. The Kier molecular flexibility index (Phi) is 6.01. The van der Waals surface area contributed by atoms with Crippen LogP contribution in [0.3, 0.4) is 0 Å². The quantitative estimate of drug-likeness (QED) is 0.759. The smallest absolute Gasteiger partial charge is 0.422 e. The van der Waals surface area contributed by atoms with Crippen LogP contribution in [0.2, 0.25) is 0 Å². The molecule has 1 amide bonds. The third-order valence-electron chi connectivity index (χ3n) is 4.55. The molecule has 3 heterocycles. The molecule has 1 saturated heterocycles. The minimum atomic E-state index is -4.51. The first-order valence-electron chi connectivity index (χ1n) is 8.89. The third-order valence-corrected chi connectivity index (χ3v) is 4.86. The first-order valence-corrected chi connectivity index (χ1v) is 9.30. The number of alkyl halides is 3. The van der Waals surface area contributed by atoms with Gasteiger partial charge in [0.2, 0.25) is 5.88 Å². The van der Waals surface area contributed by atoms with E-state index < -0.39 is 18.7 Å². The summed E-state index contributed by atoms with van der Waals surface area (Å²) < 4.78 is 44.6. The lowest BCUT2D eigenvalue weighted by Gasteiger charge is -2.32. The van der Waals surface area contributed by atoms with Gasteiger partial charge in [-0.3, -0.25) is 9.89 Å². The van der Waals surface area contributed by atoms with E-state index in [1.165, 1.54) is 18.3 Å². The Hall–Kier alpha value is -2.43. The zero-order valence-corrected chi connectivity index (χ0v) is 16.0. The standard InChI is InChI=1S/C17H20F3N5O2S/c1-2-25-13(22-23-16(25)28)11-5-4-8-24(9-11)15(26)12-6-3-7-21-14(12)27-10-17(18,19)20/h3,6-7,11H,2,4-5,8-10H2,1H3,(H,23,28). The number of hydrogen-bond acceptors (Lipinski definition) is 5. The molecule has 0 spiro atoms. The van der Waals surface area contributed by atoms with Gasteiger partial charge >= 0.3 is 6.18 Å². The summed E-state index contributed by atoms with van der Waals surface area (Å²) in [6, 6.07) is 2.92. The van der Waals surface area contributed by atoms with Gasteiger partial charge in [0.1, 0.15) is 11.4 Å². The van der Waals surface area contributed by atoms with E-state index in [-0.39, 0.29) is 17.4 Å². The van der Waals surface area contributed by atoms with Crippen LogP contribution >= 0.6 is 12.2 Å². The second-order valence-corrected chi connectivity index (χ2v) is 6.87. The summed E-state index contributed by atoms with van der Waals surface area (Å²) in [4.78, 5) is 18.4. The number of aromatic amines is 1. The molecule has 0 aromatic carbocycles. The summed E-state index contributed by atoms with van der Waals surface area (Å²) in [5.41, 5.74) is 0.0155. The topological polar surface area (TPSA) is 76.0 Å². The molecule has 0 bridgehead atoms. The number of nitrogens with zero attached hydrogens (tertiary/aromatic N) is 4. The van der Waals surface area contributed by atoms with Crippen molar-refractivity contribution in [2.75, 3.05) is 19.7 Å². The Morgan fingerprint density at radius 2 is 2.25 bits per heavy atom. The van der Waals surface area contributed by atoms with Gasteiger partial charge in [-0.2, -0.15) is 18.3 Å². The van der Waals surface area contributed by atoms with E-state index in [9.17, 15) is 18.0 Å². The van der Waals surface area contributed by atoms with Gasteiger partial charge < -0.3 is 14.2 Å². The molecule has 1 fully saturated rings. The van der Waals surface area contributed by atoms with Gasteiger partial charge in [0.05, 0.1) is 0 Å². The molecule has 1 aliphatic rings. The molecule has 0 saturated carbocycles. The summed E-state index contributed by atoms with van der Waals surface area (Å²) in [5, 5.41) is 7.07. The second kappa shape index (κ2) is 8.29. The Bertz CT molecular complexity index is 895. The largest absolute Gasteiger partial charge is 0.467 e. The van der Waals surface area contributed by atoms with Gasteiger partial charge in [-0.1, -0.05) is 0 Å². The van der Waals surface area contributed by atoms with Crippen LogP contribution < -0.4 is 4.74 Å². The summed E-state index contributed by atoms with van der Waals surface area (Å²) in [6.07, 6.45) is -1.63. The van der Waals surface area contributed by atoms with Gasteiger partial charge in [-0.15, -0.1) is 0 Å². The molecule has 0 aliphatic carbocycles. The van der Waals surface area contributed by atoms with Gasteiger partial charge in [0.25, 0.3) is 5.91 Å². The van der Waals surface area contributed by atoms with Crippen molar-refractivity contribution in [3.05, 3.63) is 34.5 Å². The Balaban J connectivity index is 1.78. The van der Waals surface area contributed by atoms with Crippen LogP contribution in [0.25, 0.3) is 0 Å². The van der Waals surface area contributed by atoms with E-state index in [4.69, 9.17) is 17.0 Å². The van der Waals surface area contributed by atoms with Crippen molar-refractivity contribution in [3.8, 4) is 5.88 Å². The van der Waals surface area contributed by atoms with E-state index >= 15 is 0 Å². The Morgan fingerprint density at radius 3 is 2.96 bits per heavy atom. The van der Waals surface area contributed by atoms with E-state index in [0.717, 1.165) is 18.7 Å². The lowest BCUT2D eigenvalue weighted by molar-refractivity contribution is -0.154. The van der Waals surface area contributed by atoms with Crippen LogP contribution in [0.5, 0.6) is 5.88 Å². The van der Waals surface area contributed by atoms with E-state index in [1.54, 1.807) is 4.90 Å². The number of ether oxygens (including phenoxy) is 1. The molecule has 152 valence electrons. The maximum atomic E-state index is 13.0. The number of rotatable bonds is 5. The zero-order chi connectivity index (χ0) is 20.3. The highest BCUT2D eigenvalue weighted by Crippen LogP contribution is 2.28. The number of nitrogens with one attached hydrogen (secondary N) is 1. The van der Waals surface area contributed by atoms with Gasteiger partial charge in [0, 0.05) is 31.7 Å². The van der Waals surface area contributed by atoms with Crippen molar-refractivity contribution in [2.24, 2.45) is 0 Å². The molecular weight excluding hydrogens is 395 g/mol.